The molecule has 0 saturated heterocycles. The first-order valence-electron chi connectivity index (χ1n) is 6.53. The van der Waals surface area contributed by atoms with E-state index in [1.165, 1.54) is 12.1 Å². The first kappa shape index (κ1) is 17.7. The summed E-state index contributed by atoms with van der Waals surface area (Å²) >= 11 is 4.69. The average Bonchev–Trinajstić information content (AvgIpc) is 2.45. The third-order valence-electron chi connectivity index (χ3n) is 3.01. The maximum atomic E-state index is 14.2. The molecule has 0 bridgehead atoms. The molecule has 0 unspecified atom stereocenters. The first-order chi connectivity index (χ1) is 10.0. The molecular formula is C14H20F2N2O2S. The Hall–Kier alpha value is -1.31. The van der Waals surface area contributed by atoms with E-state index < -0.39 is 11.6 Å². The van der Waals surface area contributed by atoms with Crippen molar-refractivity contribution in [3.63, 3.8) is 0 Å². The monoisotopic (exact) mass is 318 g/mol. The molecule has 0 heterocycles. The minimum atomic E-state index is -1.02. The summed E-state index contributed by atoms with van der Waals surface area (Å²) in [6.07, 6.45) is 0.693. The van der Waals surface area contributed by atoms with E-state index in [-0.39, 0.29) is 16.2 Å². The molecule has 1 aromatic rings. The predicted molar refractivity (Wildman–Crippen MR) is 82.8 cm³/mol. The molecule has 0 radical (unpaired) electrons. The molecule has 4 nitrogen and oxygen atoms in total. The van der Waals surface area contributed by atoms with Gasteiger partial charge in [-0.2, -0.15) is 0 Å². The van der Waals surface area contributed by atoms with Gasteiger partial charge in [0.1, 0.15) is 4.99 Å². The van der Waals surface area contributed by atoms with Crippen molar-refractivity contribution in [2.24, 2.45) is 5.73 Å². The lowest BCUT2D eigenvalue weighted by molar-refractivity contribution is 0.191. The topological polar surface area (TPSA) is 47.7 Å². The lowest BCUT2D eigenvalue weighted by Gasteiger charge is -2.25. The quantitative estimate of drug-likeness (QED) is 0.558. The van der Waals surface area contributed by atoms with Crippen LogP contribution in [0.1, 0.15) is 12.0 Å². The molecule has 118 valence electrons. The Bertz CT molecular complexity index is 486. The van der Waals surface area contributed by atoms with E-state index in [4.69, 9.17) is 27.4 Å². The Kier molecular flexibility index (Phi) is 7.49. The molecule has 7 heteroatoms. The first-order valence-corrected chi connectivity index (χ1v) is 6.94. The van der Waals surface area contributed by atoms with Crippen LogP contribution in [0.2, 0.25) is 0 Å². The van der Waals surface area contributed by atoms with Crippen molar-refractivity contribution in [2.45, 2.75) is 6.42 Å². The number of anilines is 1. The van der Waals surface area contributed by atoms with Crippen LogP contribution >= 0.6 is 12.2 Å². The fourth-order valence-corrected chi connectivity index (χ4v) is 2.09. The van der Waals surface area contributed by atoms with Crippen LogP contribution in [0.15, 0.2) is 12.1 Å². The second-order valence-electron chi connectivity index (χ2n) is 4.45. The summed E-state index contributed by atoms with van der Waals surface area (Å²) in [5.74, 6) is -1.97. The van der Waals surface area contributed by atoms with Gasteiger partial charge in [-0.25, -0.2) is 8.78 Å². The third-order valence-corrected chi connectivity index (χ3v) is 3.23. The van der Waals surface area contributed by atoms with Crippen LogP contribution in [0, 0.1) is 11.6 Å². The van der Waals surface area contributed by atoms with Crippen LogP contribution in [0.5, 0.6) is 0 Å². The zero-order valence-electron chi connectivity index (χ0n) is 12.2. The Morgan fingerprint density at radius 2 is 1.81 bits per heavy atom. The van der Waals surface area contributed by atoms with Gasteiger partial charge in [-0.3, -0.25) is 0 Å². The van der Waals surface area contributed by atoms with Crippen molar-refractivity contribution < 1.29 is 18.3 Å². The van der Waals surface area contributed by atoms with Crippen LogP contribution in [0.4, 0.5) is 14.5 Å². The normalized spacial score (nSPS) is 10.7. The molecule has 1 aromatic carbocycles. The molecule has 0 aliphatic heterocycles. The van der Waals surface area contributed by atoms with Gasteiger partial charge in [-0.05, 0) is 18.6 Å². The number of halogens is 2. The smallest absolute Gasteiger partial charge is 0.182 e. The fourth-order valence-electron chi connectivity index (χ4n) is 1.93. The molecule has 0 atom stereocenters. The van der Waals surface area contributed by atoms with E-state index >= 15 is 0 Å². The molecular weight excluding hydrogens is 298 g/mol. The second-order valence-corrected chi connectivity index (χ2v) is 4.89. The number of benzene rings is 1. The molecule has 0 saturated carbocycles. The van der Waals surface area contributed by atoms with Crippen LogP contribution in [0.25, 0.3) is 0 Å². The van der Waals surface area contributed by atoms with Gasteiger partial charge in [0.25, 0.3) is 0 Å². The number of nitrogens with zero attached hydrogens (tertiary/aromatic N) is 1. The summed E-state index contributed by atoms with van der Waals surface area (Å²) in [6, 6.07) is 2.88. The van der Waals surface area contributed by atoms with Gasteiger partial charge in [0.2, 0.25) is 0 Å². The van der Waals surface area contributed by atoms with Crippen LogP contribution < -0.4 is 10.6 Å². The third kappa shape index (κ3) is 4.87. The Labute approximate surface area is 128 Å². The van der Waals surface area contributed by atoms with Gasteiger partial charge in [0, 0.05) is 39.5 Å². The van der Waals surface area contributed by atoms with E-state index in [1.54, 1.807) is 19.1 Å². The molecule has 0 aliphatic carbocycles. The highest BCUT2D eigenvalue weighted by atomic mass is 32.1. The lowest BCUT2D eigenvalue weighted by atomic mass is 10.1. The maximum Gasteiger partial charge on any atom is 0.182 e. The Balaban J connectivity index is 3.00. The standard InChI is InChI=1S/C14H20F2N2O2S/c1-19-8-3-6-18(7-9-20-2)11-5-4-10(14(17)21)12(15)13(11)16/h4-5H,3,6-9H2,1-2H3,(H2,17,21). The Morgan fingerprint density at radius 1 is 1.14 bits per heavy atom. The highest BCUT2D eigenvalue weighted by Gasteiger charge is 2.19. The molecule has 0 fully saturated rings. The number of methoxy groups -OCH3 is 2. The molecule has 2 N–H and O–H groups in total. The summed E-state index contributed by atoms with van der Waals surface area (Å²) in [5.41, 5.74) is 5.44. The molecule has 0 aliphatic rings. The molecule has 0 spiro atoms. The van der Waals surface area contributed by atoms with Crippen LogP contribution in [-0.4, -0.2) is 45.5 Å². The van der Waals surface area contributed by atoms with Gasteiger partial charge in [0.05, 0.1) is 12.3 Å². The van der Waals surface area contributed by atoms with Gasteiger partial charge in [0.15, 0.2) is 11.6 Å². The van der Waals surface area contributed by atoms with Crippen molar-refractivity contribution >= 4 is 22.9 Å². The number of hydrogen-bond donors (Lipinski definition) is 1. The van der Waals surface area contributed by atoms with E-state index in [0.29, 0.717) is 32.7 Å². The highest BCUT2D eigenvalue weighted by Crippen LogP contribution is 2.24. The van der Waals surface area contributed by atoms with Crippen molar-refractivity contribution in [1.29, 1.82) is 0 Å². The number of nitrogens with two attached hydrogens (primary N) is 1. The minimum absolute atomic E-state index is 0.0881. The second kappa shape index (κ2) is 8.86. The van der Waals surface area contributed by atoms with E-state index in [0.717, 1.165) is 0 Å². The Morgan fingerprint density at radius 3 is 2.38 bits per heavy atom. The van der Waals surface area contributed by atoms with Gasteiger partial charge in [-0.15, -0.1) is 0 Å². The predicted octanol–water partition coefficient (Wildman–Crippen LogP) is 2.09. The summed E-state index contributed by atoms with van der Waals surface area (Å²) in [7, 11) is 3.15. The van der Waals surface area contributed by atoms with Gasteiger partial charge < -0.3 is 20.1 Å². The lowest BCUT2D eigenvalue weighted by Crippen LogP contribution is -2.30. The zero-order valence-corrected chi connectivity index (χ0v) is 13.0. The fraction of sp³-hybridized carbons (Fsp3) is 0.500. The number of hydrogen-bond acceptors (Lipinski definition) is 4. The number of ether oxygens (including phenoxy) is 2. The van der Waals surface area contributed by atoms with Crippen molar-refractivity contribution in [3.8, 4) is 0 Å². The summed E-state index contributed by atoms with van der Waals surface area (Å²) in [6.45, 7) is 1.92. The molecule has 0 amide bonds. The molecule has 1 rings (SSSR count). The average molecular weight is 318 g/mol. The van der Waals surface area contributed by atoms with Crippen molar-refractivity contribution in [3.05, 3.63) is 29.3 Å². The van der Waals surface area contributed by atoms with E-state index in [1.807, 2.05) is 0 Å². The maximum absolute atomic E-state index is 14.2. The van der Waals surface area contributed by atoms with Gasteiger partial charge in [-0.1, -0.05) is 12.2 Å². The number of thiocarbonyl (C=S) groups is 1. The molecule has 21 heavy (non-hydrogen) atoms. The van der Waals surface area contributed by atoms with Crippen molar-refractivity contribution in [1.82, 2.24) is 0 Å². The minimum Gasteiger partial charge on any atom is -0.389 e. The summed E-state index contributed by atoms with van der Waals surface area (Å²) < 4.78 is 38.1. The van der Waals surface area contributed by atoms with Crippen LogP contribution in [0.3, 0.4) is 0 Å². The SMILES string of the molecule is COCCCN(CCOC)c1ccc(C(N)=S)c(F)c1F. The summed E-state index contributed by atoms with van der Waals surface area (Å²) in [5, 5.41) is 0. The van der Waals surface area contributed by atoms with E-state index in [2.05, 4.69) is 0 Å². The summed E-state index contributed by atoms with van der Waals surface area (Å²) in [4.78, 5) is 1.55. The highest BCUT2D eigenvalue weighted by molar-refractivity contribution is 7.80. The van der Waals surface area contributed by atoms with Gasteiger partial charge >= 0.3 is 0 Å². The van der Waals surface area contributed by atoms with Crippen LogP contribution in [-0.2, 0) is 9.47 Å². The largest absolute Gasteiger partial charge is 0.389 e. The van der Waals surface area contributed by atoms with E-state index in [9.17, 15) is 8.78 Å². The molecule has 0 aromatic heterocycles. The number of rotatable bonds is 9. The van der Waals surface area contributed by atoms with Crippen molar-refractivity contribution in [2.75, 3.05) is 45.4 Å². The zero-order chi connectivity index (χ0) is 15.8.